The fourth-order valence-electron chi connectivity index (χ4n) is 1.69. The van der Waals surface area contributed by atoms with Crippen LogP contribution in [0.1, 0.15) is 11.1 Å². The molecule has 0 unspecified atom stereocenters. The van der Waals surface area contributed by atoms with Crippen molar-refractivity contribution >= 4 is 29.2 Å². The fraction of sp³-hybridized carbons (Fsp3) is 0.188. The molecule has 0 bridgehead atoms. The molecule has 0 aliphatic rings. The monoisotopic (exact) mass is 450 g/mol. The zero-order valence-electron chi connectivity index (χ0n) is 13.4. The summed E-state index contributed by atoms with van der Waals surface area (Å²) in [5.41, 5.74) is -1.93. The van der Waals surface area contributed by atoms with Gasteiger partial charge in [-0.05, 0) is 36.4 Å². The van der Waals surface area contributed by atoms with E-state index in [1.54, 1.807) is 0 Å². The average molecular weight is 451 g/mol. The number of phenolic OH excluding ortho intramolecular Hbond substituents is 1. The highest BCUT2D eigenvalue weighted by Crippen LogP contribution is 2.37. The fourth-order valence-corrected chi connectivity index (χ4v) is 2.25. The molecule has 2 rings (SSSR count). The molecule has 0 aromatic heterocycles. The number of carbonyl (C=O) groups is 1. The summed E-state index contributed by atoms with van der Waals surface area (Å²) in [5, 5.41) is 16.0. The normalized spacial score (nSPS) is 11.4. The standard InChI is InChI=1S/C9H6ClF3O3.C7H4ClF3O/c10-7-3-5(16-4-8(14)15)1-2-6(7)9(11,12)13;8-6-3-4(12)1-2-5(6)7(9,10)11/h1-3H,4H2,(H,14,15);1-3,12H. The molecule has 0 saturated heterocycles. The van der Waals surface area contributed by atoms with Crippen molar-refractivity contribution in [2.24, 2.45) is 0 Å². The third kappa shape index (κ3) is 7.35. The number of carboxylic acids is 1. The number of hydrogen-bond donors (Lipinski definition) is 2. The molecule has 4 nitrogen and oxygen atoms in total. The molecule has 0 aliphatic carbocycles. The molecular weight excluding hydrogens is 441 g/mol. The molecule has 0 fully saturated rings. The van der Waals surface area contributed by atoms with Gasteiger partial charge in [0, 0.05) is 0 Å². The van der Waals surface area contributed by atoms with Crippen molar-refractivity contribution in [3.63, 3.8) is 0 Å². The van der Waals surface area contributed by atoms with Crippen molar-refractivity contribution in [3.8, 4) is 11.5 Å². The van der Waals surface area contributed by atoms with E-state index in [0.717, 1.165) is 36.4 Å². The second kappa shape index (κ2) is 9.24. The summed E-state index contributed by atoms with van der Waals surface area (Å²) in [4.78, 5) is 10.1. The van der Waals surface area contributed by atoms with Gasteiger partial charge >= 0.3 is 18.3 Å². The Morgan fingerprint density at radius 1 is 0.893 bits per heavy atom. The number of aromatic hydroxyl groups is 1. The van der Waals surface area contributed by atoms with Crippen molar-refractivity contribution in [2.45, 2.75) is 12.4 Å². The van der Waals surface area contributed by atoms with Crippen LogP contribution in [0.5, 0.6) is 11.5 Å². The van der Waals surface area contributed by atoms with Gasteiger partial charge < -0.3 is 14.9 Å². The number of carboxylic acid groups (broad SMARTS) is 1. The molecule has 0 spiro atoms. The summed E-state index contributed by atoms with van der Waals surface area (Å²) in [6.07, 6.45) is -9.01. The highest BCUT2D eigenvalue weighted by atomic mass is 35.5. The van der Waals surface area contributed by atoms with E-state index in [1.807, 2.05) is 0 Å². The molecule has 154 valence electrons. The van der Waals surface area contributed by atoms with Crippen molar-refractivity contribution < 1.29 is 46.1 Å². The topological polar surface area (TPSA) is 66.8 Å². The molecule has 2 aromatic carbocycles. The van der Waals surface area contributed by atoms with Crippen LogP contribution in [-0.2, 0) is 17.1 Å². The maximum Gasteiger partial charge on any atom is 0.417 e. The Bertz CT molecular complexity index is 837. The first-order chi connectivity index (χ1) is 12.7. The molecule has 12 heteroatoms. The van der Waals surface area contributed by atoms with Gasteiger partial charge in [-0.15, -0.1) is 0 Å². The SMILES string of the molecule is O=C(O)COc1ccc(C(F)(F)F)c(Cl)c1.Oc1ccc(C(F)(F)F)c(Cl)c1. The third-order valence-corrected chi connectivity index (χ3v) is 3.49. The van der Waals surface area contributed by atoms with Crippen LogP contribution >= 0.6 is 23.2 Å². The largest absolute Gasteiger partial charge is 0.508 e. The van der Waals surface area contributed by atoms with Gasteiger partial charge in [-0.2, -0.15) is 26.3 Å². The molecule has 0 heterocycles. The number of phenols is 1. The van der Waals surface area contributed by atoms with E-state index in [-0.39, 0.29) is 11.5 Å². The predicted molar refractivity (Wildman–Crippen MR) is 87.7 cm³/mol. The van der Waals surface area contributed by atoms with E-state index in [4.69, 9.17) is 33.4 Å². The van der Waals surface area contributed by atoms with Gasteiger partial charge in [0.1, 0.15) is 11.5 Å². The summed E-state index contributed by atoms with van der Waals surface area (Å²) >= 11 is 10.6. The van der Waals surface area contributed by atoms with Crippen LogP contribution in [0.2, 0.25) is 10.0 Å². The van der Waals surface area contributed by atoms with Gasteiger partial charge in [0.25, 0.3) is 0 Å². The number of ether oxygens (including phenoxy) is 1. The maximum atomic E-state index is 12.3. The second-order valence-corrected chi connectivity index (χ2v) is 5.80. The van der Waals surface area contributed by atoms with Gasteiger partial charge in [-0.1, -0.05) is 23.2 Å². The minimum Gasteiger partial charge on any atom is -0.508 e. The first-order valence-electron chi connectivity index (χ1n) is 6.99. The van der Waals surface area contributed by atoms with Crippen LogP contribution in [0.15, 0.2) is 36.4 Å². The second-order valence-electron chi connectivity index (χ2n) is 4.98. The Kier molecular flexibility index (Phi) is 7.83. The van der Waals surface area contributed by atoms with Crippen LogP contribution in [-0.4, -0.2) is 22.8 Å². The lowest BCUT2D eigenvalue weighted by Gasteiger charge is -2.10. The molecule has 2 N–H and O–H groups in total. The van der Waals surface area contributed by atoms with Gasteiger partial charge in [-0.3, -0.25) is 0 Å². The molecular formula is C16H10Cl2F6O4. The van der Waals surface area contributed by atoms with E-state index in [1.165, 1.54) is 0 Å². The summed E-state index contributed by atoms with van der Waals surface area (Å²) in [5.74, 6) is -1.54. The lowest BCUT2D eigenvalue weighted by Crippen LogP contribution is -2.10. The van der Waals surface area contributed by atoms with Gasteiger partial charge in [0.15, 0.2) is 6.61 Å². The molecule has 28 heavy (non-hydrogen) atoms. The summed E-state index contributed by atoms with van der Waals surface area (Å²) < 4.78 is 77.5. The molecule has 0 aliphatic heterocycles. The van der Waals surface area contributed by atoms with Crippen molar-refractivity contribution in [1.82, 2.24) is 0 Å². The van der Waals surface area contributed by atoms with Crippen LogP contribution < -0.4 is 4.74 Å². The summed E-state index contributed by atoms with van der Waals surface area (Å²) in [6.45, 7) is -0.637. The van der Waals surface area contributed by atoms with Crippen molar-refractivity contribution in [3.05, 3.63) is 57.6 Å². The van der Waals surface area contributed by atoms with E-state index in [0.29, 0.717) is 0 Å². The average Bonchev–Trinajstić information content (AvgIpc) is 2.51. The Morgan fingerprint density at radius 2 is 1.36 bits per heavy atom. The zero-order valence-corrected chi connectivity index (χ0v) is 14.9. The van der Waals surface area contributed by atoms with Crippen LogP contribution in [0, 0.1) is 0 Å². The van der Waals surface area contributed by atoms with Crippen molar-refractivity contribution in [1.29, 1.82) is 0 Å². The smallest absolute Gasteiger partial charge is 0.417 e. The molecule has 0 saturated carbocycles. The van der Waals surface area contributed by atoms with E-state index < -0.39 is 46.1 Å². The minimum absolute atomic E-state index is 0.0274. The first kappa shape index (κ1) is 23.7. The number of rotatable bonds is 3. The first-order valence-corrected chi connectivity index (χ1v) is 7.74. The summed E-state index contributed by atoms with van der Waals surface area (Å²) in [7, 11) is 0. The quantitative estimate of drug-likeness (QED) is 0.572. The molecule has 2 aromatic rings. The van der Waals surface area contributed by atoms with Crippen LogP contribution in [0.3, 0.4) is 0 Å². The molecule has 0 radical (unpaired) electrons. The Morgan fingerprint density at radius 3 is 1.75 bits per heavy atom. The Balaban J connectivity index is 0.000000292. The van der Waals surface area contributed by atoms with Gasteiger partial charge in [0.2, 0.25) is 0 Å². The molecule has 0 amide bonds. The number of hydrogen-bond acceptors (Lipinski definition) is 3. The minimum atomic E-state index is -4.54. The van der Waals surface area contributed by atoms with E-state index >= 15 is 0 Å². The van der Waals surface area contributed by atoms with E-state index in [9.17, 15) is 31.1 Å². The Labute approximate surface area is 163 Å². The number of alkyl halides is 6. The van der Waals surface area contributed by atoms with Crippen molar-refractivity contribution in [2.75, 3.05) is 6.61 Å². The Hall–Kier alpha value is -2.33. The predicted octanol–water partition coefficient (Wildman–Crippen LogP) is 5.89. The highest BCUT2D eigenvalue weighted by molar-refractivity contribution is 6.31. The third-order valence-electron chi connectivity index (χ3n) is 2.87. The number of benzene rings is 2. The number of aliphatic carboxylic acids is 1. The van der Waals surface area contributed by atoms with E-state index in [2.05, 4.69) is 4.74 Å². The lowest BCUT2D eigenvalue weighted by atomic mass is 10.2. The van der Waals surface area contributed by atoms with Crippen LogP contribution in [0.25, 0.3) is 0 Å². The highest BCUT2D eigenvalue weighted by Gasteiger charge is 2.33. The lowest BCUT2D eigenvalue weighted by molar-refractivity contribution is -0.140. The summed E-state index contributed by atoms with van der Waals surface area (Å²) in [6, 6.07) is 5.20. The van der Waals surface area contributed by atoms with Gasteiger partial charge in [-0.25, -0.2) is 4.79 Å². The maximum absolute atomic E-state index is 12.3. The van der Waals surface area contributed by atoms with Gasteiger partial charge in [0.05, 0.1) is 21.2 Å². The zero-order chi connectivity index (χ0) is 21.7. The number of halogens is 8. The molecule has 0 atom stereocenters. The van der Waals surface area contributed by atoms with Crippen LogP contribution in [0.4, 0.5) is 26.3 Å².